The minimum absolute atomic E-state index is 0.163. The van der Waals surface area contributed by atoms with Crippen molar-refractivity contribution in [1.29, 1.82) is 0 Å². The number of aliphatic hydroxyl groups is 1. The number of benzene rings is 1. The van der Waals surface area contributed by atoms with Crippen LogP contribution in [-0.4, -0.2) is 45.5 Å². The van der Waals surface area contributed by atoms with E-state index in [1.807, 2.05) is 38.4 Å². The molecule has 0 amide bonds. The number of ether oxygens (including phenoxy) is 1. The molecule has 0 aliphatic heterocycles. The van der Waals surface area contributed by atoms with Gasteiger partial charge in [0, 0.05) is 25.3 Å². The van der Waals surface area contributed by atoms with Gasteiger partial charge in [0.1, 0.15) is 5.75 Å². The quantitative estimate of drug-likeness (QED) is 0.747. The topological polar surface area (TPSA) is 44.7 Å². The Balaban J connectivity index is 2.48. The smallest absolute Gasteiger partial charge is 0.119 e. The summed E-state index contributed by atoms with van der Waals surface area (Å²) in [5, 5.41) is 12.2. The Morgan fingerprint density at radius 3 is 2.47 bits per heavy atom. The lowest BCUT2D eigenvalue weighted by Gasteiger charge is -2.22. The third-order valence-electron chi connectivity index (χ3n) is 2.95. The molecule has 1 atom stereocenters. The van der Waals surface area contributed by atoms with Crippen molar-refractivity contribution >= 4 is 5.69 Å². The highest BCUT2D eigenvalue weighted by Crippen LogP contribution is 2.18. The third kappa shape index (κ3) is 4.24. The molecular formula is C13H22N2O2. The second-order valence-electron chi connectivity index (χ2n) is 4.08. The van der Waals surface area contributed by atoms with Gasteiger partial charge in [-0.1, -0.05) is 0 Å². The van der Waals surface area contributed by atoms with E-state index >= 15 is 0 Å². The van der Waals surface area contributed by atoms with Crippen LogP contribution in [0.2, 0.25) is 0 Å². The fourth-order valence-electron chi connectivity index (χ4n) is 1.64. The summed E-state index contributed by atoms with van der Waals surface area (Å²) < 4.78 is 5.12. The summed E-state index contributed by atoms with van der Waals surface area (Å²) in [6.45, 7) is 1.07. The molecule has 0 saturated heterocycles. The molecule has 1 aromatic rings. The average Bonchev–Trinajstić information content (AvgIpc) is 2.39. The van der Waals surface area contributed by atoms with Crippen LogP contribution in [0.5, 0.6) is 5.75 Å². The molecule has 4 heteroatoms. The largest absolute Gasteiger partial charge is 0.497 e. The molecule has 0 saturated carbocycles. The fraction of sp³-hybridized carbons (Fsp3) is 0.538. The molecule has 0 aromatic heterocycles. The standard InChI is InChI=1S/C13H22N2O2/c1-14-11(10-16)8-9-15(2)12-4-6-13(17-3)7-5-12/h4-7,11,14,16H,8-10H2,1-3H3. The van der Waals surface area contributed by atoms with Crippen molar-refractivity contribution in [1.82, 2.24) is 5.32 Å². The van der Waals surface area contributed by atoms with Crippen molar-refractivity contribution in [2.24, 2.45) is 0 Å². The van der Waals surface area contributed by atoms with Gasteiger partial charge in [-0.3, -0.25) is 0 Å². The highest BCUT2D eigenvalue weighted by Gasteiger charge is 2.06. The SMILES string of the molecule is CNC(CO)CCN(C)c1ccc(OC)cc1. The summed E-state index contributed by atoms with van der Waals surface area (Å²) in [5.74, 6) is 0.866. The van der Waals surface area contributed by atoms with Crippen molar-refractivity contribution in [3.05, 3.63) is 24.3 Å². The van der Waals surface area contributed by atoms with Crippen LogP contribution in [0, 0.1) is 0 Å². The van der Waals surface area contributed by atoms with Crippen LogP contribution in [0.3, 0.4) is 0 Å². The Kier molecular flexibility index (Phi) is 5.80. The Labute approximate surface area is 103 Å². The zero-order valence-electron chi connectivity index (χ0n) is 10.8. The first-order chi connectivity index (χ1) is 8.21. The summed E-state index contributed by atoms with van der Waals surface area (Å²) in [7, 11) is 5.58. The van der Waals surface area contributed by atoms with Crippen LogP contribution in [0.15, 0.2) is 24.3 Å². The lowest BCUT2D eigenvalue weighted by atomic mass is 10.2. The maximum absolute atomic E-state index is 9.08. The van der Waals surface area contributed by atoms with E-state index < -0.39 is 0 Å². The number of anilines is 1. The summed E-state index contributed by atoms with van der Waals surface area (Å²) in [5.41, 5.74) is 1.15. The molecule has 1 rings (SSSR count). The first-order valence-electron chi connectivity index (χ1n) is 5.84. The van der Waals surface area contributed by atoms with Crippen molar-refractivity contribution in [2.45, 2.75) is 12.5 Å². The van der Waals surface area contributed by atoms with Gasteiger partial charge in [0.2, 0.25) is 0 Å². The average molecular weight is 238 g/mol. The van der Waals surface area contributed by atoms with Crippen LogP contribution in [0.1, 0.15) is 6.42 Å². The first kappa shape index (κ1) is 13.8. The molecule has 4 nitrogen and oxygen atoms in total. The van der Waals surface area contributed by atoms with E-state index in [9.17, 15) is 0 Å². The second kappa shape index (κ2) is 7.14. The number of nitrogens with zero attached hydrogens (tertiary/aromatic N) is 1. The van der Waals surface area contributed by atoms with Crippen LogP contribution < -0.4 is 15.0 Å². The molecule has 96 valence electrons. The second-order valence-corrected chi connectivity index (χ2v) is 4.08. The van der Waals surface area contributed by atoms with Crippen LogP contribution >= 0.6 is 0 Å². The lowest BCUT2D eigenvalue weighted by molar-refractivity contribution is 0.243. The van der Waals surface area contributed by atoms with Crippen molar-refractivity contribution in [2.75, 3.05) is 39.3 Å². The van der Waals surface area contributed by atoms with Crippen LogP contribution in [0.25, 0.3) is 0 Å². The van der Waals surface area contributed by atoms with E-state index in [1.54, 1.807) is 7.11 Å². The number of hydrogen-bond donors (Lipinski definition) is 2. The van der Waals surface area contributed by atoms with Crippen LogP contribution in [0.4, 0.5) is 5.69 Å². The lowest BCUT2D eigenvalue weighted by Crippen LogP contribution is -2.33. The monoisotopic (exact) mass is 238 g/mol. The summed E-state index contributed by atoms with van der Waals surface area (Å²) in [6.07, 6.45) is 0.912. The van der Waals surface area contributed by atoms with Gasteiger partial charge in [-0.15, -0.1) is 0 Å². The van der Waals surface area contributed by atoms with Crippen molar-refractivity contribution in [3.8, 4) is 5.75 Å². The number of likely N-dealkylation sites (N-methyl/N-ethyl adjacent to an activating group) is 1. The van der Waals surface area contributed by atoms with Gasteiger partial charge in [0.05, 0.1) is 13.7 Å². The van der Waals surface area contributed by atoms with Gasteiger partial charge in [0.15, 0.2) is 0 Å². The van der Waals surface area contributed by atoms with Gasteiger partial charge in [-0.25, -0.2) is 0 Å². The van der Waals surface area contributed by atoms with E-state index in [0.29, 0.717) is 0 Å². The maximum atomic E-state index is 9.08. The van der Waals surface area contributed by atoms with E-state index in [2.05, 4.69) is 10.2 Å². The van der Waals surface area contributed by atoms with Gasteiger partial charge in [0.25, 0.3) is 0 Å². The Hall–Kier alpha value is -1.26. The molecule has 0 heterocycles. The molecule has 1 unspecified atom stereocenters. The molecule has 2 N–H and O–H groups in total. The molecular weight excluding hydrogens is 216 g/mol. The molecule has 0 aliphatic rings. The van der Waals surface area contributed by atoms with Crippen molar-refractivity contribution < 1.29 is 9.84 Å². The summed E-state index contributed by atoms with van der Waals surface area (Å²) in [6, 6.07) is 8.13. The van der Waals surface area contributed by atoms with Crippen molar-refractivity contribution in [3.63, 3.8) is 0 Å². The van der Waals surface area contributed by atoms with E-state index in [-0.39, 0.29) is 12.6 Å². The van der Waals surface area contributed by atoms with Gasteiger partial charge in [-0.2, -0.15) is 0 Å². The highest BCUT2D eigenvalue weighted by atomic mass is 16.5. The van der Waals surface area contributed by atoms with E-state index in [4.69, 9.17) is 9.84 Å². The Morgan fingerprint density at radius 2 is 2.00 bits per heavy atom. The van der Waals surface area contributed by atoms with E-state index in [1.165, 1.54) is 0 Å². The van der Waals surface area contributed by atoms with Gasteiger partial charge < -0.3 is 20.1 Å². The number of hydrogen-bond acceptors (Lipinski definition) is 4. The molecule has 1 aromatic carbocycles. The Bertz CT molecular complexity index is 310. The summed E-state index contributed by atoms with van der Waals surface area (Å²) >= 11 is 0. The molecule has 0 aliphatic carbocycles. The fourth-order valence-corrected chi connectivity index (χ4v) is 1.64. The Morgan fingerprint density at radius 1 is 1.35 bits per heavy atom. The van der Waals surface area contributed by atoms with Gasteiger partial charge >= 0.3 is 0 Å². The predicted molar refractivity (Wildman–Crippen MR) is 70.8 cm³/mol. The van der Waals surface area contributed by atoms with Gasteiger partial charge in [-0.05, 0) is 37.7 Å². The van der Waals surface area contributed by atoms with Crippen LogP contribution in [-0.2, 0) is 0 Å². The zero-order chi connectivity index (χ0) is 12.7. The third-order valence-corrected chi connectivity index (χ3v) is 2.95. The summed E-state index contributed by atoms with van der Waals surface area (Å²) in [4.78, 5) is 2.17. The number of rotatable bonds is 7. The minimum Gasteiger partial charge on any atom is -0.497 e. The molecule has 0 fully saturated rings. The predicted octanol–water partition coefficient (Wildman–Crippen LogP) is 1.10. The minimum atomic E-state index is 0.163. The molecule has 0 bridgehead atoms. The number of nitrogens with one attached hydrogen (secondary N) is 1. The maximum Gasteiger partial charge on any atom is 0.119 e. The molecule has 17 heavy (non-hydrogen) atoms. The highest BCUT2D eigenvalue weighted by molar-refractivity contribution is 5.48. The normalized spacial score (nSPS) is 12.2. The zero-order valence-corrected chi connectivity index (χ0v) is 10.8. The molecule has 0 radical (unpaired) electrons. The van der Waals surface area contributed by atoms with E-state index in [0.717, 1.165) is 24.4 Å². The number of methoxy groups -OCH3 is 1. The molecule has 0 spiro atoms. The first-order valence-corrected chi connectivity index (χ1v) is 5.84. The number of aliphatic hydroxyl groups excluding tert-OH is 1.